The van der Waals surface area contributed by atoms with Gasteiger partial charge in [-0.2, -0.15) is 0 Å². The van der Waals surface area contributed by atoms with E-state index in [-0.39, 0.29) is 12.1 Å². The first-order valence-corrected chi connectivity index (χ1v) is 6.21. The van der Waals surface area contributed by atoms with E-state index in [1.807, 2.05) is 30.3 Å². The van der Waals surface area contributed by atoms with Gasteiger partial charge in [0.05, 0.1) is 13.2 Å². The highest BCUT2D eigenvalue weighted by atomic mass is 16.5. The number of hydrogen-bond acceptors (Lipinski definition) is 3. The Morgan fingerprint density at radius 2 is 2.17 bits per heavy atom. The zero-order chi connectivity index (χ0) is 12.6. The van der Waals surface area contributed by atoms with Crippen LogP contribution >= 0.6 is 0 Å². The predicted molar refractivity (Wildman–Crippen MR) is 69.3 cm³/mol. The van der Waals surface area contributed by atoms with E-state index in [1.165, 1.54) is 0 Å². The molecule has 0 radical (unpaired) electrons. The fraction of sp³-hybridized carbons (Fsp3) is 0.462. The van der Waals surface area contributed by atoms with Crippen LogP contribution in [0.4, 0.5) is 4.79 Å². The largest absolute Gasteiger partial charge is 0.378 e. The van der Waals surface area contributed by atoms with Crippen molar-refractivity contribution in [3.05, 3.63) is 35.9 Å². The number of hydrogen-bond donors (Lipinski definition) is 3. The Morgan fingerprint density at radius 3 is 2.89 bits per heavy atom. The van der Waals surface area contributed by atoms with Crippen molar-refractivity contribution in [1.29, 1.82) is 0 Å². The molecule has 5 nitrogen and oxygen atoms in total. The number of rotatable bonds is 4. The first-order valence-electron chi connectivity index (χ1n) is 6.21. The van der Waals surface area contributed by atoms with Gasteiger partial charge in [0, 0.05) is 25.7 Å². The molecule has 1 aromatic rings. The van der Waals surface area contributed by atoms with Crippen LogP contribution in [0.2, 0.25) is 0 Å². The molecule has 0 bridgehead atoms. The first kappa shape index (κ1) is 12.9. The molecule has 1 heterocycles. The quantitative estimate of drug-likeness (QED) is 0.727. The number of nitrogens with one attached hydrogen (secondary N) is 3. The Balaban J connectivity index is 1.63. The van der Waals surface area contributed by atoms with Crippen LogP contribution in [0.5, 0.6) is 0 Å². The van der Waals surface area contributed by atoms with Crippen LogP contribution in [-0.2, 0) is 11.3 Å². The number of carbonyl (C=O) groups is 1. The average Bonchev–Trinajstić information content (AvgIpc) is 2.45. The normalized spacial score (nSPS) is 19.2. The lowest BCUT2D eigenvalue weighted by atomic mass is 10.2. The molecule has 1 unspecified atom stereocenters. The van der Waals surface area contributed by atoms with E-state index in [0.717, 1.165) is 18.7 Å². The maximum absolute atomic E-state index is 11.6. The van der Waals surface area contributed by atoms with Gasteiger partial charge in [-0.3, -0.25) is 0 Å². The third-order valence-electron chi connectivity index (χ3n) is 2.80. The fourth-order valence-electron chi connectivity index (χ4n) is 1.81. The van der Waals surface area contributed by atoms with E-state index >= 15 is 0 Å². The SMILES string of the molecule is O=C(NCc1ccccc1)NCC1COCCN1. The smallest absolute Gasteiger partial charge is 0.315 e. The Hall–Kier alpha value is -1.59. The first-order chi connectivity index (χ1) is 8.84. The van der Waals surface area contributed by atoms with Crippen molar-refractivity contribution in [3.63, 3.8) is 0 Å². The van der Waals surface area contributed by atoms with Crippen molar-refractivity contribution in [3.8, 4) is 0 Å². The lowest BCUT2D eigenvalue weighted by Gasteiger charge is -2.23. The summed E-state index contributed by atoms with van der Waals surface area (Å²) in [4.78, 5) is 11.6. The molecular weight excluding hydrogens is 230 g/mol. The van der Waals surface area contributed by atoms with Crippen LogP contribution in [0.3, 0.4) is 0 Å². The molecule has 1 atom stereocenters. The maximum atomic E-state index is 11.6. The molecule has 0 saturated carbocycles. The van der Waals surface area contributed by atoms with Crippen LogP contribution in [0.25, 0.3) is 0 Å². The van der Waals surface area contributed by atoms with E-state index in [2.05, 4.69) is 16.0 Å². The van der Waals surface area contributed by atoms with Crippen molar-refractivity contribution in [2.75, 3.05) is 26.3 Å². The highest BCUT2D eigenvalue weighted by molar-refractivity contribution is 5.73. The molecule has 3 N–H and O–H groups in total. The van der Waals surface area contributed by atoms with E-state index in [9.17, 15) is 4.79 Å². The van der Waals surface area contributed by atoms with E-state index in [0.29, 0.717) is 19.7 Å². The number of urea groups is 1. The van der Waals surface area contributed by atoms with Crippen molar-refractivity contribution < 1.29 is 9.53 Å². The molecule has 18 heavy (non-hydrogen) atoms. The number of morpholine rings is 1. The average molecular weight is 249 g/mol. The summed E-state index contributed by atoms with van der Waals surface area (Å²) in [5.74, 6) is 0. The summed E-state index contributed by atoms with van der Waals surface area (Å²) >= 11 is 0. The van der Waals surface area contributed by atoms with Crippen LogP contribution in [0.1, 0.15) is 5.56 Å². The number of ether oxygens (including phenoxy) is 1. The Labute approximate surface area is 107 Å². The zero-order valence-electron chi connectivity index (χ0n) is 10.3. The van der Waals surface area contributed by atoms with Crippen LogP contribution in [-0.4, -0.2) is 38.4 Å². The standard InChI is InChI=1S/C13H19N3O2/c17-13(15-8-11-4-2-1-3-5-11)16-9-12-10-18-7-6-14-12/h1-5,12,14H,6-10H2,(H2,15,16,17). The summed E-state index contributed by atoms with van der Waals surface area (Å²) in [5, 5.41) is 8.93. The molecule has 98 valence electrons. The van der Waals surface area contributed by atoms with Gasteiger partial charge in [0.1, 0.15) is 0 Å². The molecule has 1 aliphatic rings. The van der Waals surface area contributed by atoms with Gasteiger partial charge in [0.2, 0.25) is 0 Å². The lowest BCUT2D eigenvalue weighted by Crippen LogP contribution is -2.49. The van der Waals surface area contributed by atoms with Gasteiger partial charge in [-0.05, 0) is 5.56 Å². The monoisotopic (exact) mass is 249 g/mol. The third-order valence-corrected chi connectivity index (χ3v) is 2.80. The topological polar surface area (TPSA) is 62.4 Å². The highest BCUT2D eigenvalue weighted by Gasteiger charge is 2.13. The van der Waals surface area contributed by atoms with Gasteiger partial charge in [-0.15, -0.1) is 0 Å². The maximum Gasteiger partial charge on any atom is 0.315 e. The molecule has 2 rings (SSSR count). The van der Waals surface area contributed by atoms with Gasteiger partial charge in [0.25, 0.3) is 0 Å². The molecule has 0 aromatic heterocycles. The Bertz CT molecular complexity index is 364. The van der Waals surface area contributed by atoms with Gasteiger partial charge >= 0.3 is 6.03 Å². The number of benzene rings is 1. The van der Waals surface area contributed by atoms with E-state index in [1.54, 1.807) is 0 Å². The molecule has 0 aliphatic carbocycles. The summed E-state index contributed by atoms with van der Waals surface area (Å²) < 4.78 is 5.31. The number of amides is 2. The van der Waals surface area contributed by atoms with E-state index < -0.39 is 0 Å². The van der Waals surface area contributed by atoms with Crippen molar-refractivity contribution in [2.45, 2.75) is 12.6 Å². The summed E-state index contributed by atoms with van der Waals surface area (Å²) in [6.07, 6.45) is 0. The van der Waals surface area contributed by atoms with Crippen molar-refractivity contribution >= 4 is 6.03 Å². The van der Waals surface area contributed by atoms with Gasteiger partial charge in [-0.1, -0.05) is 30.3 Å². The number of carbonyl (C=O) groups excluding carboxylic acids is 1. The van der Waals surface area contributed by atoms with Crippen molar-refractivity contribution in [1.82, 2.24) is 16.0 Å². The molecular formula is C13H19N3O2. The van der Waals surface area contributed by atoms with Crippen LogP contribution < -0.4 is 16.0 Å². The summed E-state index contributed by atoms with van der Waals surface area (Å²) in [5.41, 5.74) is 1.09. The minimum atomic E-state index is -0.147. The molecule has 1 saturated heterocycles. The predicted octanol–water partition coefficient (Wildman–Crippen LogP) is 0.474. The second-order valence-electron chi connectivity index (χ2n) is 4.28. The van der Waals surface area contributed by atoms with Gasteiger partial charge in [-0.25, -0.2) is 4.79 Å². The Morgan fingerprint density at radius 1 is 1.33 bits per heavy atom. The second kappa shape index (κ2) is 6.98. The van der Waals surface area contributed by atoms with E-state index in [4.69, 9.17) is 4.74 Å². The third kappa shape index (κ3) is 4.35. The summed E-state index contributed by atoms with van der Waals surface area (Å²) in [7, 11) is 0. The Kier molecular flexibility index (Phi) is 4.99. The molecule has 1 fully saturated rings. The summed E-state index contributed by atoms with van der Waals surface area (Å²) in [6, 6.07) is 9.90. The fourth-order valence-corrected chi connectivity index (χ4v) is 1.81. The molecule has 0 spiro atoms. The van der Waals surface area contributed by atoms with Gasteiger partial charge in [0.15, 0.2) is 0 Å². The minimum Gasteiger partial charge on any atom is -0.378 e. The zero-order valence-corrected chi connectivity index (χ0v) is 10.3. The molecule has 1 aromatic carbocycles. The minimum absolute atomic E-state index is 0.147. The molecule has 1 aliphatic heterocycles. The lowest BCUT2D eigenvalue weighted by molar-refractivity contribution is 0.0774. The van der Waals surface area contributed by atoms with Crippen LogP contribution in [0, 0.1) is 0 Å². The van der Waals surface area contributed by atoms with Gasteiger partial charge < -0.3 is 20.7 Å². The molecule has 5 heteroatoms. The second-order valence-corrected chi connectivity index (χ2v) is 4.28. The van der Waals surface area contributed by atoms with Crippen molar-refractivity contribution in [2.24, 2.45) is 0 Å². The molecule has 2 amide bonds. The van der Waals surface area contributed by atoms with Crippen LogP contribution in [0.15, 0.2) is 30.3 Å². The summed E-state index contributed by atoms with van der Waals surface area (Å²) in [6.45, 7) is 3.37. The highest BCUT2D eigenvalue weighted by Crippen LogP contribution is 1.97.